The van der Waals surface area contributed by atoms with Crippen molar-refractivity contribution in [1.82, 2.24) is 0 Å². The molecule has 5 nitrogen and oxygen atoms in total. The number of unbranched alkanes of at least 4 members (excludes halogenated alkanes) is 6. The molecule has 0 heterocycles. The monoisotopic (exact) mass is 546 g/mol. The van der Waals surface area contributed by atoms with Gasteiger partial charge in [0, 0.05) is 12.8 Å². The van der Waals surface area contributed by atoms with Gasteiger partial charge in [-0.05, 0) is 111 Å². The second-order valence-corrected chi connectivity index (χ2v) is 14.6. The van der Waals surface area contributed by atoms with E-state index in [1.165, 1.54) is 51.4 Å². The molecule has 0 radical (unpaired) electrons. The van der Waals surface area contributed by atoms with E-state index in [1.807, 2.05) is 0 Å². The Balaban J connectivity index is 1.30. The Morgan fingerprint density at radius 2 is 1.62 bits per heavy atom. The molecule has 224 valence electrons. The number of carboxylic acid groups (broad SMARTS) is 1. The van der Waals surface area contributed by atoms with Gasteiger partial charge >= 0.3 is 11.9 Å². The summed E-state index contributed by atoms with van der Waals surface area (Å²) in [6.45, 7) is 9.28. The first-order valence-electron chi connectivity index (χ1n) is 16.7. The third kappa shape index (κ3) is 6.54. The lowest BCUT2D eigenvalue weighted by atomic mass is 9.43. The lowest BCUT2D eigenvalue weighted by Gasteiger charge is -2.62. The average Bonchev–Trinajstić information content (AvgIpc) is 3.26. The fraction of sp³-hybridized carbons (Fsp3) is 0.941. The molecule has 4 aliphatic carbocycles. The van der Waals surface area contributed by atoms with Crippen LogP contribution in [0.15, 0.2) is 0 Å². The fourth-order valence-electron chi connectivity index (χ4n) is 10.3. The molecule has 0 bridgehead atoms. The Kier molecular flexibility index (Phi) is 10.5. The van der Waals surface area contributed by atoms with Crippen LogP contribution in [0.25, 0.3) is 0 Å². The highest BCUT2D eigenvalue weighted by molar-refractivity contribution is 5.69. The van der Waals surface area contributed by atoms with Crippen molar-refractivity contribution in [3.8, 4) is 0 Å². The summed E-state index contributed by atoms with van der Waals surface area (Å²) in [5.74, 6) is 2.36. The van der Waals surface area contributed by atoms with Gasteiger partial charge in [0.05, 0.1) is 6.10 Å². The molecule has 4 fully saturated rings. The zero-order chi connectivity index (χ0) is 28.2. The molecule has 0 saturated heterocycles. The van der Waals surface area contributed by atoms with Gasteiger partial charge in [0.2, 0.25) is 0 Å². The third-order valence-electron chi connectivity index (χ3n) is 12.6. The molecule has 4 saturated carbocycles. The predicted molar refractivity (Wildman–Crippen MR) is 155 cm³/mol. The van der Waals surface area contributed by atoms with Crippen molar-refractivity contribution in [3.05, 3.63) is 0 Å². The van der Waals surface area contributed by atoms with E-state index in [-0.39, 0.29) is 35.4 Å². The zero-order valence-electron chi connectivity index (χ0n) is 25.5. The highest BCUT2D eigenvalue weighted by Crippen LogP contribution is 2.68. The Morgan fingerprint density at radius 3 is 2.33 bits per heavy atom. The van der Waals surface area contributed by atoms with Crippen molar-refractivity contribution in [2.75, 3.05) is 0 Å². The standard InChI is InChI=1S/C34H58O5/c1-5-6-7-8-9-10-11-12-32(38)39-25-19-20-33(3)24(21-25)14-15-26-28-17-16-27(23(2)13-18-31(36)37)34(28,4)30(35)22-29(26)33/h23-30,35H,5-22H2,1-4H3,(H,36,37). The largest absolute Gasteiger partial charge is 0.481 e. The number of esters is 1. The quantitative estimate of drug-likeness (QED) is 0.180. The van der Waals surface area contributed by atoms with Crippen molar-refractivity contribution in [2.24, 2.45) is 46.3 Å². The van der Waals surface area contributed by atoms with E-state index in [9.17, 15) is 19.8 Å². The maximum absolute atomic E-state index is 12.6. The molecule has 5 heteroatoms. The van der Waals surface area contributed by atoms with Crippen LogP contribution in [0.2, 0.25) is 0 Å². The molecule has 4 rings (SSSR count). The van der Waals surface area contributed by atoms with Crippen molar-refractivity contribution in [1.29, 1.82) is 0 Å². The summed E-state index contributed by atoms with van der Waals surface area (Å²) in [7, 11) is 0. The summed E-state index contributed by atoms with van der Waals surface area (Å²) in [4.78, 5) is 23.8. The fourth-order valence-corrected chi connectivity index (χ4v) is 10.3. The molecule has 10 atom stereocenters. The molecule has 0 aromatic carbocycles. The van der Waals surface area contributed by atoms with Crippen molar-refractivity contribution < 1.29 is 24.5 Å². The Hall–Kier alpha value is -1.10. The Bertz CT molecular complexity index is 826. The predicted octanol–water partition coefficient (Wildman–Crippen LogP) is 8.17. The molecule has 10 unspecified atom stereocenters. The number of rotatable bonds is 13. The highest BCUT2D eigenvalue weighted by atomic mass is 16.5. The summed E-state index contributed by atoms with van der Waals surface area (Å²) in [6, 6.07) is 0. The third-order valence-corrected chi connectivity index (χ3v) is 12.6. The van der Waals surface area contributed by atoms with Crippen LogP contribution in [0.3, 0.4) is 0 Å². The normalized spacial score (nSPS) is 40.3. The van der Waals surface area contributed by atoms with E-state index in [0.717, 1.165) is 44.9 Å². The van der Waals surface area contributed by atoms with Gasteiger partial charge in [0.25, 0.3) is 0 Å². The lowest BCUT2D eigenvalue weighted by Crippen LogP contribution is -2.59. The number of carboxylic acids is 1. The van der Waals surface area contributed by atoms with Gasteiger partial charge in [0.1, 0.15) is 6.10 Å². The Morgan fingerprint density at radius 1 is 0.897 bits per heavy atom. The molecule has 2 N–H and O–H groups in total. The molecule has 0 aliphatic heterocycles. The van der Waals surface area contributed by atoms with Crippen LogP contribution >= 0.6 is 0 Å². The van der Waals surface area contributed by atoms with E-state index in [2.05, 4.69) is 27.7 Å². The van der Waals surface area contributed by atoms with Crippen molar-refractivity contribution in [2.45, 2.75) is 155 Å². The van der Waals surface area contributed by atoms with Crippen LogP contribution in [0.1, 0.15) is 143 Å². The van der Waals surface area contributed by atoms with Gasteiger partial charge in [-0.15, -0.1) is 0 Å². The van der Waals surface area contributed by atoms with Gasteiger partial charge in [-0.2, -0.15) is 0 Å². The maximum atomic E-state index is 12.6. The number of aliphatic hydroxyl groups excluding tert-OH is 1. The zero-order valence-corrected chi connectivity index (χ0v) is 25.5. The van der Waals surface area contributed by atoms with Crippen LogP contribution in [-0.4, -0.2) is 34.4 Å². The molecule has 0 amide bonds. The Labute approximate surface area is 238 Å². The van der Waals surface area contributed by atoms with Crippen LogP contribution in [0.5, 0.6) is 0 Å². The van der Waals surface area contributed by atoms with Gasteiger partial charge in [-0.3, -0.25) is 9.59 Å². The summed E-state index contributed by atoms with van der Waals surface area (Å²) >= 11 is 0. The SMILES string of the molecule is CCCCCCCCCC(=O)OC1CCC2(C)C(CCC3C2CC(O)C2(C)C(C(C)CCC(=O)O)CCC32)C1. The first-order valence-corrected chi connectivity index (χ1v) is 16.7. The smallest absolute Gasteiger partial charge is 0.306 e. The molecule has 0 aromatic heterocycles. The summed E-state index contributed by atoms with van der Waals surface area (Å²) in [5, 5.41) is 20.9. The molecular formula is C34H58O5. The number of carbonyl (C=O) groups excluding carboxylic acids is 1. The number of hydrogen-bond acceptors (Lipinski definition) is 4. The highest BCUT2D eigenvalue weighted by Gasteiger charge is 2.63. The molecular weight excluding hydrogens is 488 g/mol. The topological polar surface area (TPSA) is 83.8 Å². The summed E-state index contributed by atoms with van der Waals surface area (Å²) in [6.07, 6.45) is 18.5. The second kappa shape index (κ2) is 13.3. The number of hydrogen-bond donors (Lipinski definition) is 2. The number of aliphatic carboxylic acids is 1. The first-order chi connectivity index (χ1) is 18.6. The first kappa shape index (κ1) is 30.8. The number of ether oxygens (including phenoxy) is 1. The van der Waals surface area contributed by atoms with E-state index >= 15 is 0 Å². The van der Waals surface area contributed by atoms with E-state index in [4.69, 9.17) is 4.74 Å². The van der Waals surface area contributed by atoms with Crippen molar-refractivity contribution in [3.63, 3.8) is 0 Å². The van der Waals surface area contributed by atoms with Crippen LogP contribution in [0, 0.1) is 46.3 Å². The molecule has 0 spiro atoms. The minimum atomic E-state index is -0.712. The van der Waals surface area contributed by atoms with E-state index in [0.29, 0.717) is 48.3 Å². The van der Waals surface area contributed by atoms with E-state index < -0.39 is 5.97 Å². The molecule has 0 aromatic rings. The van der Waals surface area contributed by atoms with Gasteiger partial charge in [-0.1, -0.05) is 66.2 Å². The summed E-state index contributed by atoms with van der Waals surface area (Å²) in [5.41, 5.74) is 0.130. The lowest BCUT2D eigenvalue weighted by molar-refractivity contribution is -0.181. The van der Waals surface area contributed by atoms with Gasteiger partial charge < -0.3 is 14.9 Å². The molecule has 39 heavy (non-hydrogen) atoms. The van der Waals surface area contributed by atoms with Crippen LogP contribution in [-0.2, 0) is 14.3 Å². The maximum Gasteiger partial charge on any atom is 0.306 e. The van der Waals surface area contributed by atoms with Crippen molar-refractivity contribution >= 4 is 11.9 Å². The van der Waals surface area contributed by atoms with Crippen LogP contribution < -0.4 is 0 Å². The minimum Gasteiger partial charge on any atom is -0.481 e. The number of carbonyl (C=O) groups is 2. The number of fused-ring (bicyclic) bond motifs is 5. The van der Waals surface area contributed by atoms with E-state index in [1.54, 1.807) is 0 Å². The van der Waals surface area contributed by atoms with Gasteiger partial charge in [-0.25, -0.2) is 0 Å². The second-order valence-electron chi connectivity index (χ2n) is 14.6. The average molecular weight is 547 g/mol. The minimum absolute atomic E-state index is 0.00344. The molecule has 4 aliphatic rings. The summed E-state index contributed by atoms with van der Waals surface area (Å²) < 4.78 is 6.02. The number of aliphatic hydroxyl groups is 1. The van der Waals surface area contributed by atoms with Gasteiger partial charge in [0.15, 0.2) is 0 Å². The van der Waals surface area contributed by atoms with Crippen LogP contribution in [0.4, 0.5) is 0 Å².